The molecule has 140 valence electrons. The van der Waals surface area contributed by atoms with Crippen LogP contribution in [0.15, 0.2) is 12.1 Å². The normalized spacial score (nSPS) is 28.9. The Bertz CT molecular complexity index is 871. The van der Waals surface area contributed by atoms with Gasteiger partial charge in [0.1, 0.15) is 23.8 Å². The minimum Gasteiger partial charge on any atom is -0.479 e. The third-order valence-electron chi connectivity index (χ3n) is 3.83. The van der Waals surface area contributed by atoms with Crippen molar-refractivity contribution in [2.24, 2.45) is 0 Å². The summed E-state index contributed by atoms with van der Waals surface area (Å²) in [5.41, 5.74) is -0.107. The molecule has 0 spiro atoms. The first-order valence-corrected chi connectivity index (χ1v) is 8.21. The summed E-state index contributed by atoms with van der Waals surface area (Å²) in [6.07, 6.45) is -9.47. The summed E-state index contributed by atoms with van der Waals surface area (Å²) in [5, 5.41) is 38.7. The number of carboxylic acids is 1. The van der Waals surface area contributed by atoms with Gasteiger partial charge in [-0.15, -0.1) is 11.3 Å². The van der Waals surface area contributed by atoms with Crippen LogP contribution in [-0.2, 0) is 14.3 Å². The van der Waals surface area contributed by atoms with Gasteiger partial charge in [-0.25, -0.2) is 19.0 Å². The van der Waals surface area contributed by atoms with Crippen molar-refractivity contribution in [3.8, 4) is 0 Å². The van der Waals surface area contributed by atoms with Crippen LogP contribution in [-0.4, -0.2) is 68.1 Å². The number of halogens is 1. The molecule has 0 amide bonds. The van der Waals surface area contributed by atoms with Crippen molar-refractivity contribution >= 4 is 33.5 Å². The van der Waals surface area contributed by atoms with E-state index in [-0.39, 0.29) is 11.1 Å². The highest BCUT2D eigenvalue weighted by Crippen LogP contribution is 2.27. The molecule has 1 saturated heterocycles. The number of aliphatic hydroxyl groups excluding tert-OH is 3. The summed E-state index contributed by atoms with van der Waals surface area (Å²) in [6, 6.07) is 2.22. The molecular weight excluding hydrogens is 373 g/mol. The van der Waals surface area contributed by atoms with Gasteiger partial charge in [0, 0.05) is 0 Å². The van der Waals surface area contributed by atoms with Crippen LogP contribution >= 0.6 is 11.3 Å². The predicted octanol–water partition coefficient (Wildman–Crippen LogP) is -0.207. The third kappa shape index (κ3) is 3.27. The molecule has 1 aromatic heterocycles. The standard InChI is InChI=1S/C15H14FNO8S/c1-4-17-8-6(16)2-5(3-7(8)26-4)14(23)25-15-11(20)9(18)10(19)12(24-15)13(21)22/h2-3,9-12,15,18-20H,1H3,(H,21,22)/t9-,10-,11+,12-,15-/m0/s1. The topological polar surface area (TPSA) is 146 Å². The molecule has 2 heterocycles. The second-order valence-electron chi connectivity index (χ2n) is 5.68. The number of benzene rings is 1. The molecule has 0 saturated carbocycles. The van der Waals surface area contributed by atoms with E-state index in [1.54, 1.807) is 6.92 Å². The fourth-order valence-electron chi connectivity index (χ4n) is 2.54. The number of aromatic nitrogens is 1. The van der Waals surface area contributed by atoms with E-state index in [0.717, 1.165) is 17.4 Å². The number of aliphatic hydroxyl groups is 3. The highest BCUT2D eigenvalue weighted by Gasteiger charge is 2.48. The minimum atomic E-state index is -1.91. The van der Waals surface area contributed by atoms with Crippen LogP contribution in [0.5, 0.6) is 0 Å². The van der Waals surface area contributed by atoms with Crippen LogP contribution in [0.2, 0.25) is 0 Å². The fourth-order valence-corrected chi connectivity index (χ4v) is 3.42. The Kier molecular flexibility index (Phi) is 4.90. The van der Waals surface area contributed by atoms with Crippen molar-refractivity contribution in [1.29, 1.82) is 0 Å². The Balaban J connectivity index is 1.83. The smallest absolute Gasteiger partial charge is 0.340 e. The molecule has 0 radical (unpaired) electrons. The first-order chi connectivity index (χ1) is 12.2. The number of carboxylic acid groups (broad SMARTS) is 1. The number of hydrogen-bond acceptors (Lipinski definition) is 9. The zero-order valence-electron chi connectivity index (χ0n) is 13.2. The van der Waals surface area contributed by atoms with Gasteiger partial charge < -0.3 is 29.9 Å². The van der Waals surface area contributed by atoms with Gasteiger partial charge in [0.2, 0.25) is 6.29 Å². The molecule has 26 heavy (non-hydrogen) atoms. The van der Waals surface area contributed by atoms with Crippen molar-refractivity contribution in [3.05, 3.63) is 28.5 Å². The molecular formula is C15H14FNO8S. The summed E-state index contributed by atoms with van der Waals surface area (Å²) in [7, 11) is 0. The molecule has 3 rings (SSSR count). The summed E-state index contributed by atoms with van der Waals surface area (Å²) >= 11 is 1.16. The van der Waals surface area contributed by atoms with Gasteiger partial charge in [0.05, 0.1) is 15.3 Å². The molecule has 1 aliphatic heterocycles. The summed E-state index contributed by atoms with van der Waals surface area (Å²) in [6.45, 7) is 1.67. The van der Waals surface area contributed by atoms with E-state index in [1.165, 1.54) is 6.07 Å². The number of hydrogen-bond donors (Lipinski definition) is 4. The zero-order valence-corrected chi connectivity index (χ0v) is 14.0. The second-order valence-corrected chi connectivity index (χ2v) is 6.91. The van der Waals surface area contributed by atoms with Crippen molar-refractivity contribution in [2.45, 2.75) is 37.6 Å². The van der Waals surface area contributed by atoms with Gasteiger partial charge in [0.25, 0.3) is 0 Å². The van der Waals surface area contributed by atoms with E-state index in [1.807, 2.05) is 0 Å². The lowest BCUT2D eigenvalue weighted by atomic mass is 9.99. The number of aliphatic carboxylic acids is 1. The zero-order chi connectivity index (χ0) is 19.2. The molecule has 5 atom stereocenters. The van der Waals surface area contributed by atoms with Gasteiger partial charge in [-0.1, -0.05) is 0 Å². The number of ether oxygens (including phenoxy) is 2. The minimum absolute atomic E-state index is 0.0995. The molecule has 0 unspecified atom stereocenters. The van der Waals surface area contributed by atoms with Crippen LogP contribution in [0.1, 0.15) is 15.4 Å². The van der Waals surface area contributed by atoms with E-state index in [2.05, 4.69) is 4.98 Å². The van der Waals surface area contributed by atoms with Gasteiger partial charge in [-0.2, -0.15) is 0 Å². The number of aryl methyl sites for hydroxylation is 1. The van der Waals surface area contributed by atoms with Crippen LogP contribution in [0.3, 0.4) is 0 Å². The Hall–Kier alpha value is -2.18. The summed E-state index contributed by atoms with van der Waals surface area (Å²) in [5.74, 6) is -3.46. The van der Waals surface area contributed by atoms with Crippen LogP contribution in [0, 0.1) is 12.7 Å². The molecule has 1 fully saturated rings. The van der Waals surface area contributed by atoms with E-state index in [0.29, 0.717) is 9.71 Å². The van der Waals surface area contributed by atoms with Crippen molar-refractivity contribution < 1.29 is 43.9 Å². The lowest BCUT2D eigenvalue weighted by Crippen LogP contribution is -2.60. The molecule has 0 aliphatic carbocycles. The monoisotopic (exact) mass is 387 g/mol. The lowest BCUT2D eigenvalue weighted by Gasteiger charge is -2.37. The third-order valence-corrected chi connectivity index (χ3v) is 4.75. The number of carbonyl (C=O) groups is 2. The maximum Gasteiger partial charge on any atom is 0.340 e. The highest BCUT2D eigenvalue weighted by atomic mass is 32.1. The molecule has 9 nitrogen and oxygen atoms in total. The quantitative estimate of drug-likeness (QED) is 0.525. The fraction of sp³-hybridized carbons (Fsp3) is 0.400. The maximum atomic E-state index is 14.1. The molecule has 11 heteroatoms. The Morgan fingerprint density at radius 1 is 1.23 bits per heavy atom. The molecule has 1 aliphatic rings. The van der Waals surface area contributed by atoms with E-state index in [4.69, 9.17) is 14.6 Å². The van der Waals surface area contributed by atoms with Gasteiger partial charge in [-0.05, 0) is 19.1 Å². The Morgan fingerprint density at radius 3 is 2.58 bits per heavy atom. The molecule has 0 bridgehead atoms. The van der Waals surface area contributed by atoms with E-state index >= 15 is 0 Å². The van der Waals surface area contributed by atoms with Gasteiger partial charge >= 0.3 is 11.9 Å². The van der Waals surface area contributed by atoms with Crippen LogP contribution < -0.4 is 0 Å². The van der Waals surface area contributed by atoms with Crippen molar-refractivity contribution in [2.75, 3.05) is 0 Å². The van der Waals surface area contributed by atoms with E-state index < -0.39 is 48.5 Å². The van der Waals surface area contributed by atoms with Crippen LogP contribution in [0.4, 0.5) is 4.39 Å². The Morgan fingerprint density at radius 2 is 1.92 bits per heavy atom. The van der Waals surface area contributed by atoms with E-state index in [9.17, 15) is 29.3 Å². The molecule has 4 N–H and O–H groups in total. The number of fused-ring (bicyclic) bond motifs is 1. The largest absolute Gasteiger partial charge is 0.479 e. The maximum absolute atomic E-state index is 14.1. The molecule has 1 aromatic carbocycles. The number of esters is 1. The second kappa shape index (κ2) is 6.85. The number of rotatable bonds is 3. The average molecular weight is 387 g/mol. The summed E-state index contributed by atoms with van der Waals surface area (Å²) in [4.78, 5) is 27.3. The van der Waals surface area contributed by atoms with Gasteiger partial charge in [-0.3, -0.25) is 0 Å². The first kappa shape index (κ1) is 18.6. The predicted molar refractivity (Wildman–Crippen MR) is 84.0 cm³/mol. The number of thiazole rings is 1. The summed E-state index contributed by atoms with van der Waals surface area (Å²) < 4.78 is 24.2. The number of nitrogens with zero attached hydrogens (tertiary/aromatic N) is 1. The SMILES string of the molecule is Cc1nc2c(F)cc(C(=O)O[C@@H]3O[C@H](C(=O)O)[C@@H](O)[C@H](O)[C@H]3O)cc2s1. The Labute approximate surface area is 149 Å². The van der Waals surface area contributed by atoms with Gasteiger partial charge in [0.15, 0.2) is 11.9 Å². The van der Waals surface area contributed by atoms with Crippen LogP contribution in [0.25, 0.3) is 10.2 Å². The average Bonchev–Trinajstić information content (AvgIpc) is 2.95. The number of carbonyl (C=O) groups excluding carboxylic acids is 1. The first-order valence-electron chi connectivity index (χ1n) is 7.39. The lowest BCUT2D eigenvalue weighted by molar-refractivity contribution is -0.278. The van der Waals surface area contributed by atoms with Crippen molar-refractivity contribution in [3.63, 3.8) is 0 Å². The molecule has 2 aromatic rings. The highest BCUT2D eigenvalue weighted by molar-refractivity contribution is 7.18. The van der Waals surface area contributed by atoms with Crippen molar-refractivity contribution in [1.82, 2.24) is 4.98 Å².